The first kappa shape index (κ1) is 41.9. The van der Waals surface area contributed by atoms with Gasteiger partial charge in [0.15, 0.2) is 0 Å². The van der Waals surface area contributed by atoms with E-state index in [1.165, 1.54) is 0 Å². The number of amides is 4. The van der Waals surface area contributed by atoms with Crippen LogP contribution in [0.3, 0.4) is 0 Å². The van der Waals surface area contributed by atoms with Crippen molar-refractivity contribution in [1.29, 1.82) is 0 Å². The summed E-state index contributed by atoms with van der Waals surface area (Å²) in [7, 11) is 0. The zero-order valence-electron chi connectivity index (χ0n) is 36.1. The topological polar surface area (TPSA) is 127 Å². The maximum Gasteiger partial charge on any atom is 0.329 e. The highest BCUT2D eigenvalue weighted by molar-refractivity contribution is 6.41. The van der Waals surface area contributed by atoms with Crippen molar-refractivity contribution in [3.63, 3.8) is 0 Å². The van der Waals surface area contributed by atoms with Gasteiger partial charge in [0.2, 0.25) is 0 Å². The Labute approximate surface area is 370 Å². The van der Waals surface area contributed by atoms with Crippen molar-refractivity contribution >= 4 is 90.8 Å². The molecule has 2 aliphatic rings. The van der Waals surface area contributed by atoms with Gasteiger partial charge < -0.3 is 9.47 Å². The van der Waals surface area contributed by atoms with Crippen molar-refractivity contribution in [2.75, 3.05) is 0 Å². The Morgan fingerprint density at radius 2 is 0.766 bits per heavy atom. The molecule has 10 heteroatoms. The van der Waals surface area contributed by atoms with E-state index in [0.717, 1.165) is 53.6 Å². The number of hydrogen-bond acceptors (Lipinski definition) is 8. The number of esters is 2. The number of ether oxygens (including phenoxy) is 2. The summed E-state index contributed by atoms with van der Waals surface area (Å²) in [4.78, 5) is 88.0. The zero-order valence-corrected chi connectivity index (χ0v) is 36.1. The van der Waals surface area contributed by atoms with E-state index in [1.54, 1.807) is 36.4 Å². The smallest absolute Gasteiger partial charge is 0.329 e. The molecular weight excluding hydrogens is 805 g/mol. The van der Waals surface area contributed by atoms with Crippen molar-refractivity contribution in [2.24, 2.45) is 11.8 Å². The first-order valence-corrected chi connectivity index (χ1v) is 21.5. The fourth-order valence-electron chi connectivity index (χ4n) is 9.38. The van der Waals surface area contributed by atoms with Crippen LogP contribution in [0.1, 0.15) is 104 Å². The van der Waals surface area contributed by atoms with Crippen LogP contribution >= 0.6 is 0 Å². The van der Waals surface area contributed by atoms with E-state index in [9.17, 15) is 28.8 Å². The van der Waals surface area contributed by atoms with E-state index >= 15 is 0 Å². The highest BCUT2D eigenvalue weighted by atomic mass is 16.5. The standard InChI is InChI=1S/C54H46N2O8/c1-7-31-9-13-33(14-10-31)27-63-53(61)43(25-29(3)4)55-49(57)39-21-17-35-37-19-23-41-48-42(24-20-38(46(37)48)36-18-22-40(50(55)58)47(39)45(35)36)52(60)56(51(41)59)44(26-30(5)6)54(62)64-28-34-15-11-32(8-2)12-16-34/h7-24,29-30,43-44H,1-2,25-28H2,3-6H3. The third-order valence-corrected chi connectivity index (χ3v) is 12.4. The Morgan fingerprint density at radius 1 is 0.469 bits per heavy atom. The van der Waals surface area contributed by atoms with Gasteiger partial charge in [-0.3, -0.25) is 29.0 Å². The Kier molecular flexibility index (Phi) is 10.7. The number of rotatable bonds is 14. The molecule has 0 radical (unpaired) electrons. The molecule has 4 amide bonds. The number of benzene rings is 7. The maximum atomic E-state index is 14.6. The van der Waals surface area contributed by atoms with Gasteiger partial charge in [-0.05, 0) is 104 Å². The summed E-state index contributed by atoms with van der Waals surface area (Å²) >= 11 is 0. The predicted octanol–water partition coefficient (Wildman–Crippen LogP) is 10.5. The third kappa shape index (κ3) is 6.90. The van der Waals surface area contributed by atoms with Gasteiger partial charge in [-0.25, -0.2) is 9.59 Å². The molecule has 9 rings (SSSR count). The number of hydrogen-bond donors (Lipinski definition) is 0. The van der Waals surface area contributed by atoms with Gasteiger partial charge in [0.05, 0.1) is 0 Å². The Hall–Kier alpha value is -7.46. The fraction of sp³-hybridized carbons (Fsp3) is 0.222. The summed E-state index contributed by atoms with van der Waals surface area (Å²) in [6.45, 7) is 15.2. The van der Waals surface area contributed by atoms with Crippen LogP contribution in [0.4, 0.5) is 0 Å². The van der Waals surface area contributed by atoms with Crippen LogP contribution in [0.5, 0.6) is 0 Å². The molecule has 0 N–H and O–H groups in total. The lowest BCUT2D eigenvalue weighted by atomic mass is 9.81. The minimum atomic E-state index is -1.16. The van der Waals surface area contributed by atoms with Gasteiger partial charge in [-0.2, -0.15) is 0 Å². The second kappa shape index (κ2) is 16.3. The lowest BCUT2D eigenvalue weighted by Gasteiger charge is -2.34. The van der Waals surface area contributed by atoms with E-state index in [-0.39, 0.29) is 60.1 Å². The molecule has 0 bridgehead atoms. The number of fused-ring (bicyclic) bond motifs is 2. The monoisotopic (exact) mass is 850 g/mol. The summed E-state index contributed by atoms with van der Waals surface area (Å²) in [5.74, 6) is -3.80. The summed E-state index contributed by atoms with van der Waals surface area (Å²) in [6.07, 6.45) is 3.85. The normalized spacial score (nSPS) is 14.7. The van der Waals surface area contributed by atoms with Gasteiger partial charge in [-0.15, -0.1) is 0 Å². The molecule has 10 nitrogen and oxygen atoms in total. The van der Waals surface area contributed by atoms with Crippen LogP contribution in [0.25, 0.3) is 55.2 Å². The van der Waals surface area contributed by atoms with Crippen molar-refractivity contribution in [3.8, 4) is 0 Å². The minimum Gasteiger partial charge on any atom is -0.459 e. The lowest BCUT2D eigenvalue weighted by molar-refractivity contribution is -0.151. The molecule has 0 fully saturated rings. The average molecular weight is 851 g/mol. The van der Waals surface area contributed by atoms with Crippen LogP contribution < -0.4 is 0 Å². The fourth-order valence-corrected chi connectivity index (χ4v) is 9.38. The quantitative estimate of drug-likeness (QED) is 0.0458. The van der Waals surface area contributed by atoms with E-state index in [0.29, 0.717) is 21.5 Å². The van der Waals surface area contributed by atoms with Crippen molar-refractivity contribution < 1.29 is 38.2 Å². The Bertz CT molecular complexity index is 2800. The second-order valence-corrected chi connectivity index (χ2v) is 17.5. The highest BCUT2D eigenvalue weighted by Gasteiger charge is 2.44. The SMILES string of the molecule is C=Cc1ccc(COC(=O)C(CC(C)C)N2C(=O)c3ccc4c5ccc6c7c(ccc(c8ccc(c3c48)C2=O)c75)C(=O)N(C(CC(C)C)C(=O)OCc2ccc(C=C)cc2)C6=O)cc1. The average Bonchev–Trinajstić information content (AvgIpc) is 3.29. The number of imide groups is 2. The molecule has 0 aliphatic carbocycles. The van der Waals surface area contributed by atoms with Crippen molar-refractivity contribution in [1.82, 2.24) is 9.80 Å². The molecule has 0 saturated carbocycles. The van der Waals surface area contributed by atoms with E-state index in [2.05, 4.69) is 13.2 Å². The molecule has 7 aromatic carbocycles. The molecule has 64 heavy (non-hydrogen) atoms. The van der Waals surface area contributed by atoms with Gasteiger partial charge in [0.1, 0.15) is 25.3 Å². The first-order valence-electron chi connectivity index (χ1n) is 21.5. The molecule has 0 spiro atoms. The largest absolute Gasteiger partial charge is 0.459 e. The van der Waals surface area contributed by atoms with E-state index in [4.69, 9.17) is 9.47 Å². The zero-order chi connectivity index (χ0) is 45.1. The summed E-state index contributed by atoms with van der Waals surface area (Å²) in [5, 5.41) is 5.24. The molecule has 0 saturated heterocycles. The summed E-state index contributed by atoms with van der Waals surface area (Å²) in [6, 6.07) is 26.5. The van der Waals surface area contributed by atoms with Gasteiger partial charge in [0, 0.05) is 33.0 Å². The number of nitrogens with zero attached hydrogens (tertiary/aromatic N) is 2. The predicted molar refractivity (Wildman–Crippen MR) is 248 cm³/mol. The second-order valence-electron chi connectivity index (χ2n) is 17.5. The molecular formula is C54H46N2O8. The van der Waals surface area contributed by atoms with Gasteiger partial charge >= 0.3 is 11.9 Å². The van der Waals surface area contributed by atoms with Crippen LogP contribution in [-0.4, -0.2) is 57.5 Å². The van der Waals surface area contributed by atoms with Crippen LogP contribution in [0.2, 0.25) is 0 Å². The van der Waals surface area contributed by atoms with Crippen LogP contribution in [0, 0.1) is 11.8 Å². The van der Waals surface area contributed by atoms with Crippen molar-refractivity contribution in [2.45, 2.75) is 65.8 Å². The summed E-state index contributed by atoms with van der Waals surface area (Å²) in [5.41, 5.74) is 4.48. The first-order chi connectivity index (χ1) is 30.8. The number of carbonyl (C=O) groups is 6. The molecule has 7 aromatic rings. The van der Waals surface area contributed by atoms with E-state index in [1.807, 2.05) is 100 Å². The molecule has 2 aliphatic heterocycles. The van der Waals surface area contributed by atoms with Gasteiger partial charge in [-0.1, -0.05) is 126 Å². The summed E-state index contributed by atoms with van der Waals surface area (Å²) < 4.78 is 11.5. The van der Waals surface area contributed by atoms with Gasteiger partial charge in [0.25, 0.3) is 23.6 Å². The molecule has 2 atom stereocenters. The minimum absolute atomic E-state index is 0.0269. The van der Waals surface area contributed by atoms with Crippen molar-refractivity contribution in [3.05, 3.63) is 155 Å². The van der Waals surface area contributed by atoms with E-state index < -0.39 is 47.7 Å². The third-order valence-electron chi connectivity index (χ3n) is 12.4. The lowest BCUT2D eigenvalue weighted by Crippen LogP contribution is -2.51. The molecule has 2 unspecified atom stereocenters. The number of carbonyl (C=O) groups excluding carboxylic acids is 6. The Morgan fingerprint density at radius 3 is 1.03 bits per heavy atom. The molecule has 0 aromatic heterocycles. The Balaban J connectivity index is 1.08. The molecule has 320 valence electrons. The van der Waals surface area contributed by atoms with Crippen LogP contribution in [-0.2, 0) is 32.3 Å². The van der Waals surface area contributed by atoms with Crippen LogP contribution in [0.15, 0.2) is 110 Å². The molecule has 2 heterocycles. The maximum absolute atomic E-state index is 14.6. The highest BCUT2D eigenvalue weighted by Crippen LogP contribution is 2.47.